The zero-order chi connectivity index (χ0) is 18.8. The van der Waals surface area contributed by atoms with Gasteiger partial charge in [0.1, 0.15) is 18.1 Å². The molecule has 0 bridgehead atoms. The fourth-order valence-electron chi connectivity index (χ4n) is 3.64. The molecule has 2 aliphatic rings. The highest BCUT2D eigenvalue weighted by Crippen LogP contribution is 2.30. The first kappa shape index (κ1) is 18.1. The molecule has 0 atom stereocenters. The van der Waals surface area contributed by atoms with E-state index in [1.54, 1.807) is 6.07 Å². The van der Waals surface area contributed by atoms with Crippen molar-refractivity contribution in [3.63, 3.8) is 0 Å². The summed E-state index contributed by atoms with van der Waals surface area (Å²) in [6.07, 6.45) is 2.75. The SMILES string of the molecule is Cc1ccc(OCc2ccc(C(=O)N3CCN(CC4CC4)CC3)o2)c(C)c1. The molecule has 4 rings (SSSR count). The van der Waals surface area contributed by atoms with Gasteiger partial charge in [0.15, 0.2) is 5.76 Å². The van der Waals surface area contributed by atoms with Gasteiger partial charge >= 0.3 is 0 Å². The van der Waals surface area contributed by atoms with E-state index in [1.165, 1.54) is 24.9 Å². The van der Waals surface area contributed by atoms with E-state index in [1.807, 2.05) is 30.0 Å². The summed E-state index contributed by atoms with van der Waals surface area (Å²) in [6, 6.07) is 9.69. The number of benzene rings is 1. The molecule has 1 saturated carbocycles. The molecule has 0 N–H and O–H groups in total. The third kappa shape index (κ3) is 4.53. The van der Waals surface area contributed by atoms with Gasteiger partial charge in [-0.25, -0.2) is 0 Å². The lowest BCUT2D eigenvalue weighted by atomic mass is 10.1. The zero-order valence-corrected chi connectivity index (χ0v) is 16.2. The highest BCUT2D eigenvalue weighted by atomic mass is 16.5. The number of rotatable bonds is 6. The Labute approximate surface area is 160 Å². The summed E-state index contributed by atoms with van der Waals surface area (Å²) in [5.74, 6) is 2.81. The fourth-order valence-corrected chi connectivity index (χ4v) is 3.64. The van der Waals surface area contributed by atoms with Gasteiger partial charge in [-0.1, -0.05) is 17.7 Å². The molecular weight excluding hydrogens is 340 g/mol. The second-order valence-corrected chi connectivity index (χ2v) is 7.86. The van der Waals surface area contributed by atoms with Crippen molar-refractivity contribution in [1.29, 1.82) is 0 Å². The highest BCUT2D eigenvalue weighted by Gasteiger charge is 2.28. The summed E-state index contributed by atoms with van der Waals surface area (Å²) in [5.41, 5.74) is 2.31. The minimum absolute atomic E-state index is 0.0150. The molecule has 0 spiro atoms. The Morgan fingerprint density at radius 3 is 2.59 bits per heavy atom. The minimum atomic E-state index is -0.0150. The number of piperazine rings is 1. The van der Waals surface area contributed by atoms with Crippen LogP contribution in [0.2, 0.25) is 0 Å². The molecule has 1 saturated heterocycles. The van der Waals surface area contributed by atoms with Crippen molar-refractivity contribution < 1.29 is 13.9 Å². The predicted octanol–water partition coefficient (Wildman–Crippen LogP) is 3.64. The van der Waals surface area contributed by atoms with Crippen LogP contribution in [0.15, 0.2) is 34.7 Å². The first-order valence-electron chi connectivity index (χ1n) is 9.89. The summed E-state index contributed by atoms with van der Waals surface area (Å²) in [7, 11) is 0. The lowest BCUT2D eigenvalue weighted by molar-refractivity contribution is 0.0597. The highest BCUT2D eigenvalue weighted by molar-refractivity contribution is 5.91. The van der Waals surface area contributed by atoms with Crippen LogP contribution in [-0.2, 0) is 6.61 Å². The van der Waals surface area contributed by atoms with Crippen LogP contribution in [-0.4, -0.2) is 48.4 Å². The molecule has 2 aromatic rings. The van der Waals surface area contributed by atoms with E-state index < -0.39 is 0 Å². The molecule has 27 heavy (non-hydrogen) atoms. The summed E-state index contributed by atoms with van der Waals surface area (Å²) >= 11 is 0. The lowest BCUT2D eigenvalue weighted by Gasteiger charge is -2.34. The summed E-state index contributed by atoms with van der Waals surface area (Å²) in [6.45, 7) is 9.10. The Morgan fingerprint density at radius 2 is 1.89 bits per heavy atom. The second-order valence-electron chi connectivity index (χ2n) is 7.86. The van der Waals surface area contributed by atoms with Crippen LogP contribution < -0.4 is 4.74 Å². The van der Waals surface area contributed by atoms with Crippen molar-refractivity contribution in [3.05, 3.63) is 53.0 Å². The lowest BCUT2D eigenvalue weighted by Crippen LogP contribution is -2.49. The van der Waals surface area contributed by atoms with Crippen molar-refractivity contribution in [2.45, 2.75) is 33.3 Å². The van der Waals surface area contributed by atoms with E-state index in [0.29, 0.717) is 18.1 Å². The van der Waals surface area contributed by atoms with E-state index >= 15 is 0 Å². The van der Waals surface area contributed by atoms with Crippen LogP contribution in [0.25, 0.3) is 0 Å². The van der Waals surface area contributed by atoms with E-state index in [0.717, 1.165) is 43.4 Å². The number of nitrogens with zero attached hydrogens (tertiary/aromatic N) is 2. The van der Waals surface area contributed by atoms with Crippen LogP contribution in [0, 0.1) is 19.8 Å². The number of furan rings is 1. The average Bonchev–Trinajstić information content (AvgIpc) is 3.35. The van der Waals surface area contributed by atoms with Crippen LogP contribution in [0.1, 0.15) is 40.3 Å². The van der Waals surface area contributed by atoms with Crippen LogP contribution >= 0.6 is 0 Å². The molecule has 2 heterocycles. The largest absolute Gasteiger partial charge is 0.485 e. The average molecular weight is 368 g/mol. The predicted molar refractivity (Wildman–Crippen MR) is 104 cm³/mol. The molecule has 5 nitrogen and oxygen atoms in total. The first-order chi connectivity index (χ1) is 13.1. The number of carbonyl (C=O) groups excluding carboxylic acids is 1. The van der Waals surface area contributed by atoms with Crippen molar-refractivity contribution in [2.24, 2.45) is 5.92 Å². The number of aryl methyl sites for hydroxylation is 2. The van der Waals surface area contributed by atoms with E-state index in [2.05, 4.69) is 17.9 Å². The van der Waals surface area contributed by atoms with Crippen LogP contribution in [0.3, 0.4) is 0 Å². The molecule has 2 fully saturated rings. The maximum atomic E-state index is 12.7. The summed E-state index contributed by atoms with van der Waals surface area (Å²) in [4.78, 5) is 17.1. The molecule has 1 amide bonds. The molecule has 0 unspecified atom stereocenters. The van der Waals surface area contributed by atoms with Gasteiger partial charge in [-0.2, -0.15) is 0 Å². The van der Waals surface area contributed by atoms with Gasteiger partial charge in [0.25, 0.3) is 5.91 Å². The third-order valence-corrected chi connectivity index (χ3v) is 5.45. The van der Waals surface area contributed by atoms with Crippen molar-refractivity contribution in [3.8, 4) is 5.75 Å². The fraction of sp³-hybridized carbons (Fsp3) is 0.500. The second kappa shape index (κ2) is 7.77. The normalized spacial score (nSPS) is 17.9. The molecule has 1 aromatic carbocycles. The smallest absolute Gasteiger partial charge is 0.289 e. The van der Waals surface area contributed by atoms with Gasteiger partial charge in [-0.3, -0.25) is 9.69 Å². The van der Waals surface area contributed by atoms with Gasteiger partial charge in [-0.05, 0) is 56.4 Å². The third-order valence-electron chi connectivity index (χ3n) is 5.45. The quantitative estimate of drug-likeness (QED) is 0.781. The molecule has 1 aliphatic heterocycles. The number of hydrogen-bond acceptors (Lipinski definition) is 4. The zero-order valence-electron chi connectivity index (χ0n) is 16.2. The monoisotopic (exact) mass is 368 g/mol. The first-order valence-corrected chi connectivity index (χ1v) is 9.89. The Balaban J connectivity index is 1.30. The number of carbonyl (C=O) groups is 1. The standard InChI is InChI=1S/C22H28N2O3/c1-16-3-7-20(17(2)13-16)26-15-19-6-8-21(27-19)22(25)24-11-9-23(10-12-24)14-18-4-5-18/h3,6-8,13,18H,4-5,9-12,14-15H2,1-2H3. The maximum Gasteiger partial charge on any atom is 0.289 e. The van der Waals surface area contributed by atoms with Gasteiger partial charge in [-0.15, -0.1) is 0 Å². The molecule has 144 valence electrons. The Bertz CT molecular complexity index is 802. The van der Waals surface area contributed by atoms with Crippen LogP contribution in [0.4, 0.5) is 0 Å². The molecule has 1 aliphatic carbocycles. The molecular formula is C22H28N2O3. The van der Waals surface area contributed by atoms with Crippen molar-refractivity contribution in [1.82, 2.24) is 9.80 Å². The number of ether oxygens (including phenoxy) is 1. The van der Waals surface area contributed by atoms with E-state index in [9.17, 15) is 4.79 Å². The molecule has 5 heteroatoms. The molecule has 0 radical (unpaired) electrons. The van der Waals surface area contributed by atoms with E-state index in [4.69, 9.17) is 9.15 Å². The number of amides is 1. The van der Waals surface area contributed by atoms with Crippen molar-refractivity contribution in [2.75, 3.05) is 32.7 Å². The maximum absolute atomic E-state index is 12.7. The van der Waals surface area contributed by atoms with E-state index in [-0.39, 0.29) is 5.91 Å². The minimum Gasteiger partial charge on any atom is -0.485 e. The van der Waals surface area contributed by atoms with Gasteiger partial charge in [0, 0.05) is 32.7 Å². The van der Waals surface area contributed by atoms with Crippen molar-refractivity contribution >= 4 is 5.91 Å². The molecule has 1 aromatic heterocycles. The topological polar surface area (TPSA) is 45.9 Å². The Hall–Kier alpha value is -2.27. The Morgan fingerprint density at radius 1 is 1.11 bits per heavy atom. The van der Waals surface area contributed by atoms with Gasteiger partial charge in [0.05, 0.1) is 0 Å². The van der Waals surface area contributed by atoms with Crippen LogP contribution in [0.5, 0.6) is 5.75 Å². The number of hydrogen-bond donors (Lipinski definition) is 0. The summed E-state index contributed by atoms with van der Waals surface area (Å²) < 4.78 is 11.6. The Kier molecular flexibility index (Phi) is 5.21. The summed E-state index contributed by atoms with van der Waals surface area (Å²) in [5, 5.41) is 0. The van der Waals surface area contributed by atoms with Gasteiger partial charge < -0.3 is 14.1 Å². The van der Waals surface area contributed by atoms with Gasteiger partial charge in [0.2, 0.25) is 0 Å².